The number of amides is 1. The lowest BCUT2D eigenvalue weighted by molar-refractivity contribution is -0.133. The topological polar surface area (TPSA) is 49.6 Å². The lowest BCUT2D eigenvalue weighted by Crippen LogP contribution is -2.37. The zero-order valence-electron chi connectivity index (χ0n) is 14.0. The van der Waals surface area contributed by atoms with E-state index in [0.29, 0.717) is 18.9 Å². The van der Waals surface area contributed by atoms with Gasteiger partial charge in [-0.3, -0.25) is 4.79 Å². The third-order valence-electron chi connectivity index (χ3n) is 4.17. The first-order chi connectivity index (χ1) is 11.5. The van der Waals surface area contributed by atoms with Gasteiger partial charge in [-0.1, -0.05) is 23.7 Å². The van der Waals surface area contributed by atoms with Crippen LogP contribution in [0, 0.1) is 0 Å². The van der Waals surface area contributed by atoms with E-state index in [1.807, 2.05) is 48.2 Å². The molecule has 1 saturated heterocycles. The summed E-state index contributed by atoms with van der Waals surface area (Å²) in [6, 6.07) is 7.65. The molecule has 128 valence electrons. The maximum atomic E-state index is 12.4. The Balaban J connectivity index is 1.70. The highest BCUT2D eigenvalue weighted by atomic mass is 35.5. The maximum Gasteiger partial charge on any atom is 0.237 e. The van der Waals surface area contributed by atoms with Gasteiger partial charge in [0.2, 0.25) is 11.8 Å². The Morgan fingerprint density at radius 2 is 2.12 bits per heavy atom. The summed E-state index contributed by atoms with van der Waals surface area (Å²) >= 11 is 5.91. The molecule has 1 amide bonds. The number of likely N-dealkylation sites (tertiary alicyclic amines) is 1. The van der Waals surface area contributed by atoms with E-state index in [2.05, 4.69) is 4.98 Å². The number of halogens is 1. The summed E-state index contributed by atoms with van der Waals surface area (Å²) in [5.41, 5.74) is 1.12. The second kappa shape index (κ2) is 7.36. The Labute approximate surface area is 147 Å². The molecule has 3 rings (SSSR count). The van der Waals surface area contributed by atoms with Crippen LogP contribution in [0.15, 0.2) is 34.9 Å². The van der Waals surface area contributed by atoms with E-state index < -0.39 is 0 Å². The summed E-state index contributed by atoms with van der Waals surface area (Å²) in [6.45, 7) is 1.18. The average Bonchev–Trinajstić information content (AvgIpc) is 3.17. The van der Waals surface area contributed by atoms with Crippen molar-refractivity contribution in [2.45, 2.75) is 25.3 Å². The van der Waals surface area contributed by atoms with Gasteiger partial charge in [0.25, 0.3) is 0 Å². The third-order valence-corrected chi connectivity index (χ3v) is 4.42. The van der Waals surface area contributed by atoms with E-state index >= 15 is 0 Å². The van der Waals surface area contributed by atoms with E-state index in [4.69, 9.17) is 16.0 Å². The van der Waals surface area contributed by atoms with Crippen LogP contribution in [0.2, 0.25) is 5.02 Å². The Morgan fingerprint density at radius 3 is 2.83 bits per heavy atom. The molecule has 1 aromatic heterocycles. The standard InChI is InChI=1S/C18H22ClN3O2/c1-21(2)12-17(23)22-9-3-4-16(22)18-20-11-15(24-18)10-13-5-7-14(19)8-6-13/h5-8,11,16H,3-4,9-10,12H2,1-2H3/t16-/m1/s1. The summed E-state index contributed by atoms with van der Waals surface area (Å²) in [7, 11) is 3.80. The molecule has 0 radical (unpaired) electrons. The van der Waals surface area contributed by atoms with Crippen LogP contribution in [0.4, 0.5) is 0 Å². The van der Waals surface area contributed by atoms with Crippen molar-refractivity contribution in [2.75, 3.05) is 27.2 Å². The van der Waals surface area contributed by atoms with E-state index in [1.54, 1.807) is 6.20 Å². The largest absolute Gasteiger partial charge is 0.443 e. The van der Waals surface area contributed by atoms with E-state index in [9.17, 15) is 4.79 Å². The molecule has 0 N–H and O–H groups in total. The fourth-order valence-corrected chi connectivity index (χ4v) is 3.17. The quantitative estimate of drug-likeness (QED) is 0.833. The van der Waals surface area contributed by atoms with E-state index in [0.717, 1.165) is 35.7 Å². The Kier molecular flexibility index (Phi) is 5.21. The normalized spacial score (nSPS) is 17.7. The number of carbonyl (C=O) groups excluding carboxylic acids is 1. The smallest absolute Gasteiger partial charge is 0.237 e. The lowest BCUT2D eigenvalue weighted by atomic mass is 10.1. The van der Waals surface area contributed by atoms with Gasteiger partial charge in [0.05, 0.1) is 12.7 Å². The van der Waals surface area contributed by atoms with Crippen molar-refractivity contribution in [1.29, 1.82) is 0 Å². The number of hydrogen-bond donors (Lipinski definition) is 0. The van der Waals surface area contributed by atoms with Crippen LogP contribution in [-0.4, -0.2) is 47.9 Å². The molecular formula is C18H22ClN3O2. The number of benzene rings is 1. The highest BCUT2D eigenvalue weighted by Crippen LogP contribution is 2.32. The number of likely N-dealkylation sites (N-methyl/N-ethyl adjacent to an activating group) is 1. The van der Waals surface area contributed by atoms with Gasteiger partial charge in [-0.15, -0.1) is 0 Å². The molecule has 0 aliphatic carbocycles. The van der Waals surface area contributed by atoms with Crippen LogP contribution in [0.25, 0.3) is 0 Å². The summed E-state index contributed by atoms with van der Waals surface area (Å²) < 4.78 is 5.94. The zero-order valence-corrected chi connectivity index (χ0v) is 14.8. The van der Waals surface area contributed by atoms with Gasteiger partial charge < -0.3 is 14.2 Å². The van der Waals surface area contributed by atoms with Crippen molar-refractivity contribution in [1.82, 2.24) is 14.8 Å². The first-order valence-electron chi connectivity index (χ1n) is 8.16. The molecule has 5 nitrogen and oxygen atoms in total. The zero-order chi connectivity index (χ0) is 17.1. The summed E-state index contributed by atoms with van der Waals surface area (Å²) in [5.74, 6) is 1.57. The van der Waals surface area contributed by atoms with Gasteiger partial charge in [-0.2, -0.15) is 0 Å². The van der Waals surface area contributed by atoms with Gasteiger partial charge in [0.15, 0.2) is 0 Å². The van der Waals surface area contributed by atoms with E-state index in [1.165, 1.54) is 0 Å². The molecule has 6 heteroatoms. The van der Waals surface area contributed by atoms with Crippen LogP contribution < -0.4 is 0 Å². The molecule has 0 bridgehead atoms. The number of rotatable bonds is 5. The fraction of sp³-hybridized carbons (Fsp3) is 0.444. The maximum absolute atomic E-state index is 12.4. The first kappa shape index (κ1) is 17.0. The summed E-state index contributed by atoms with van der Waals surface area (Å²) in [4.78, 5) is 20.6. The molecule has 0 spiro atoms. The first-order valence-corrected chi connectivity index (χ1v) is 8.54. The van der Waals surface area contributed by atoms with Crippen molar-refractivity contribution < 1.29 is 9.21 Å². The number of oxazole rings is 1. The van der Waals surface area contributed by atoms with Crippen molar-refractivity contribution in [3.05, 3.63) is 52.7 Å². The van der Waals surface area contributed by atoms with Gasteiger partial charge in [0, 0.05) is 18.0 Å². The number of aromatic nitrogens is 1. The van der Waals surface area contributed by atoms with Crippen LogP contribution in [0.3, 0.4) is 0 Å². The Morgan fingerprint density at radius 1 is 1.38 bits per heavy atom. The molecule has 1 aliphatic heterocycles. The van der Waals surface area contributed by atoms with Gasteiger partial charge in [-0.05, 0) is 44.6 Å². The predicted molar refractivity (Wildman–Crippen MR) is 93.0 cm³/mol. The Hall–Kier alpha value is -1.85. The second-order valence-electron chi connectivity index (χ2n) is 6.45. The van der Waals surface area contributed by atoms with E-state index in [-0.39, 0.29) is 11.9 Å². The Bertz CT molecular complexity index is 697. The van der Waals surface area contributed by atoms with Crippen LogP contribution in [0.5, 0.6) is 0 Å². The second-order valence-corrected chi connectivity index (χ2v) is 6.89. The van der Waals surface area contributed by atoms with Crippen molar-refractivity contribution in [2.24, 2.45) is 0 Å². The number of hydrogen-bond acceptors (Lipinski definition) is 4. The lowest BCUT2D eigenvalue weighted by Gasteiger charge is -2.23. The molecule has 2 aromatic rings. The van der Waals surface area contributed by atoms with Gasteiger partial charge >= 0.3 is 0 Å². The highest BCUT2D eigenvalue weighted by molar-refractivity contribution is 6.30. The average molecular weight is 348 g/mol. The number of nitrogens with zero attached hydrogens (tertiary/aromatic N) is 3. The fourth-order valence-electron chi connectivity index (χ4n) is 3.05. The third kappa shape index (κ3) is 3.97. The summed E-state index contributed by atoms with van der Waals surface area (Å²) in [5, 5.41) is 0.720. The van der Waals surface area contributed by atoms with Gasteiger partial charge in [-0.25, -0.2) is 4.98 Å². The minimum Gasteiger partial charge on any atom is -0.443 e. The number of carbonyl (C=O) groups is 1. The minimum absolute atomic E-state index is 0.0450. The SMILES string of the molecule is CN(C)CC(=O)N1CCC[C@@H]1c1ncc(Cc2ccc(Cl)cc2)o1. The molecule has 0 saturated carbocycles. The van der Waals surface area contributed by atoms with Crippen molar-refractivity contribution in [3.8, 4) is 0 Å². The highest BCUT2D eigenvalue weighted by Gasteiger charge is 2.33. The molecule has 24 heavy (non-hydrogen) atoms. The summed E-state index contributed by atoms with van der Waals surface area (Å²) in [6.07, 6.45) is 4.32. The van der Waals surface area contributed by atoms with Crippen molar-refractivity contribution >= 4 is 17.5 Å². The molecule has 1 atom stereocenters. The van der Waals surface area contributed by atoms with Crippen LogP contribution >= 0.6 is 11.6 Å². The molecular weight excluding hydrogens is 326 g/mol. The molecule has 1 aliphatic rings. The van der Waals surface area contributed by atoms with Gasteiger partial charge in [0.1, 0.15) is 11.8 Å². The molecule has 1 fully saturated rings. The molecule has 0 unspecified atom stereocenters. The molecule has 2 heterocycles. The van der Waals surface area contributed by atoms with Crippen LogP contribution in [0.1, 0.15) is 36.1 Å². The minimum atomic E-state index is -0.0450. The van der Waals surface area contributed by atoms with Crippen LogP contribution in [-0.2, 0) is 11.2 Å². The monoisotopic (exact) mass is 347 g/mol. The van der Waals surface area contributed by atoms with Crippen molar-refractivity contribution in [3.63, 3.8) is 0 Å². The molecule has 1 aromatic carbocycles. The predicted octanol–water partition coefficient (Wildman–Crippen LogP) is 3.14.